The quantitative estimate of drug-likeness (QED) is 0.581. The highest BCUT2D eigenvalue weighted by Gasteiger charge is 2.32. The van der Waals surface area contributed by atoms with Crippen molar-refractivity contribution in [1.82, 2.24) is 9.78 Å². The molecule has 2 aromatic carbocycles. The number of amides is 1. The Balaban J connectivity index is 1.67. The van der Waals surface area contributed by atoms with E-state index in [1.807, 2.05) is 12.1 Å². The molecule has 1 atom stereocenters. The van der Waals surface area contributed by atoms with Crippen molar-refractivity contribution in [2.75, 3.05) is 31.0 Å². The summed E-state index contributed by atoms with van der Waals surface area (Å²) in [6.45, 7) is 0. The van der Waals surface area contributed by atoms with Gasteiger partial charge in [0.2, 0.25) is 0 Å². The number of methoxy groups -OCH3 is 2. The van der Waals surface area contributed by atoms with Gasteiger partial charge in [0, 0.05) is 11.3 Å². The van der Waals surface area contributed by atoms with Gasteiger partial charge in [-0.2, -0.15) is 5.10 Å². The third kappa shape index (κ3) is 4.58. The largest absolute Gasteiger partial charge is 0.497 e. The maximum Gasteiger partial charge on any atom is 0.276 e. The molecule has 8 nitrogen and oxygen atoms in total. The Morgan fingerprint density at radius 1 is 1.12 bits per heavy atom. The predicted octanol–water partition coefficient (Wildman–Crippen LogP) is 3.83. The van der Waals surface area contributed by atoms with E-state index in [1.54, 1.807) is 48.2 Å². The van der Waals surface area contributed by atoms with E-state index in [9.17, 15) is 13.2 Å². The minimum atomic E-state index is -3.13. The number of anilines is 1. The fraction of sp³-hybridized carbons (Fsp3) is 0.273. The van der Waals surface area contributed by atoms with Crippen molar-refractivity contribution in [1.29, 1.82) is 0 Å². The Kier molecular flexibility index (Phi) is 6.12. The normalized spacial score (nSPS) is 17.2. The van der Waals surface area contributed by atoms with E-state index in [4.69, 9.17) is 21.1 Å². The van der Waals surface area contributed by atoms with Crippen LogP contribution in [0.15, 0.2) is 48.5 Å². The standard InChI is InChI=1S/C22H22ClN3O5S/c1-30-17-6-3-14(4-7-17)20-12-19(25-26(20)16-9-10-32(28,29)13-16)22(27)24-15-5-8-21(31-2)18(23)11-15/h3-8,11-12,16H,9-10,13H2,1-2H3,(H,24,27)/t16-/m0/s1. The Labute approximate surface area is 191 Å². The molecular formula is C22H22ClN3O5S. The second-order valence-electron chi connectivity index (χ2n) is 7.45. The first-order chi connectivity index (χ1) is 15.3. The number of ether oxygens (including phenoxy) is 2. The molecule has 1 N–H and O–H groups in total. The smallest absolute Gasteiger partial charge is 0.276 e. The lowest BCUT2D eigenvalue weighted by Crippen LogP contribution is -2.16. The fourth-order valence-electron chi connectivity index (χ4n) is 3.67. The molecule has 0 spiro atoms. The van der Waals surface area contributed by atoms with Crippen molar-refractivity contribution >= 4 is 33.0 Å². The maximum atomic E-state index is 12.9. The third-order valence-corrected chi connectivity index (χ3v) is 7.36. The SMILES string of the molecule is COc1ccc(-c2cc(C(=O)Nc3ccc(OC)c(Cl)c3)nn2[C@H]2CCS(=O)(=O)C2)cc1. The lowest BCUT2D eigenvalue weighted by atomic mass is 10.1. The van der Waals surface area contributed by atoms with Gasteiger partial charge in [-0.3, -0.25) is 9.48 Å². The summed E-state index contributed by atoms with van der Waals surface area (Å²) in [6.07, 6.45) is 0.447. The molecule has 32 heavy (non-hydrogen) atoms. The van der Waals surface area contributed by atoms with Crippen LogP contribution in [0.1, 0.15) is 23.0 Å². The number of nitrogens with zero attached hydrogens (tertiary/aromatic N) is 2. The van der Waals surface area contributed by atoms with Gasteiger partial charge in [-0.25, -0.2) is 8.42 Å². The molecule has 1 aromatic heterocycles. The summed E-state index contributed by atoms with van der Waals surface area (Å²) in [5.74, 6) is 0.856. The second kappa shape index (κ2) is 8.84. The highest BCUT2D eigenvalue weighted by molar-refractivity contribution is 7.91. The van der Waals surface area contributed by atoms with Crippen LogP contribution in [0, 0.1) is 0 Å². The number of nitrogens with one attached hydrogen (secondary N) is 1. The van der Waals surface area contributed by atoms with Crippen molar-refractivity contribution in [2.24, 2.45) is 0 Å². The van der Waals surface area contributed by atoms with E-state index in [-0.39, 0.29) is 23.2 Å². The van der Waals surface area contributed by atoms with E-state index >= 15 is 0 Å². The molecule has 0 radical (unpaired) electrons. The zero-order valence-corrected chi connectivity index (χ0v) is 19.1. The average molecular weight is 476 g/mol. The van der Waals surface area contributed by atoms with Gasteiger partial charge in [-0.05, 0) is 55.0 Å². The van der Waals surface area contributed by atoms with Crippen LogP contribution < -0.4 is 14.8 Å². The summed E-state index contributed by atoms with van der Waals surface area (Å²) < 4.78 is 36.1. The van der Waals surface area contributed by atoms with E-state index in [0.29, 0.717) is 34.3 Å². The molecule has 1 fully saturated rings. The Hall–Kier alpha value is -3.04. The summed E-state index contributed by atoms with van der Waals surface area (Å²) in [4.78, 5) is 12.9. The molecule has 3 aromatic rings. The van der Waals surface area contributed by atoms with Gasteiger partial charge in [0.25, 0.3) is 5.91 Å². The number of aromatic nitrogens is 2. The minimum Gasteiger partial charge on any atom is -0.497 e. The fourth-order valence-corrected chi connectivity index (χ4v) is 5.62. The number of hydrogen-bond donors (Lipinski definition) is 1. The molecular weight excluding hydrogens is 454 g/mol. The summed E-state index contributed by atoms with van der Waals surface area (Å²) in [5.41, 5.74) is 2.12. The van der Waals surface area contributed by atoms with Crippen molar-refractivity contribution < 1.29 is 22.7 Å². The lowest BCUT2D eigenvalue weighted by molar-refractivity contribution is 0.102. The predicted molar refractivity (Wildman–Crippen MR) is 122 cm³/mol. The van der Waals surface area contributed by atoms with Gasteiger partial charge in [-0.15, -0.1) is 0 Å². The number of carbonyl (C=O) groups excluding carboxylic acids is 1. The van der Waals surface area contributed by atoms with E-state index in [0.717, 1.165) is 5.56 Å². The van der Waals surface area contributed by atoms with Gasteiger partial charge < -0.3 is 14.8 Å². The second-order valence-corrected chi connectivity index (χ2v) is 10.1. The monoisotopic (exact) mass is 475 g/mol. The van der Waals surface area contributed by atoms with Gasteiger partial charge in [0.15, 0.2) is 15.5 Å². The van der Waals surface area contributed by atoms with Gasteiger partial charge in [0.05, 0.1) is 42.5 Å². The first-order valence-corrected chi connectivity index (χ1v) is 12.1. The van der Waals surface area contributed by atoms with Crippen LogP contribution >= 0.6 is 11.6 Å². The van der Waals surface area contributed by atoms with Crippen LogP contribution in [0.3, 0.4) is 0 Å². The average Bonchev–Trinajstić information content (AvgIpc) is 3.37. The molecule has 168 valence electrons. The summed E-state index contributed by atoms with van der Waals surface area (Å²) in [6, 6.07) is 13.5. The van der Waals surface area contributed by atoms with Crippen molar-refractivity contribution in [3.63, 3.8) is 0 Å². The molecule has 1 amide bonds. The third-order valence-electron chi connectivity index (χ3n) is 5.32. The van der Waals surface area contributed by atoms with Crippen LogP contribution in [0.2, 0.25) is 5.02 Å². The molecule has 1 aliphatic rings. The topological polar surface area (TPSA) is 99.5 Å². The van der Waals surface area contributed by atoms with Crippen LogP contribution in [-0.4, -0.2) is 49.8 Å². The molecule has 0 bridgehead atoms. The van der Waals surface area contributed by atoms with Crippen molar-refractivity contribution in [2.45, 2.75) is 12.5 Å². The molecule has 2 heterocycles. The van der Waals surface area contributed by atoms with Gasteiger partial charge >= 0.3 is 0 Å². The number of halogens is 1. The maximum absolute atomic E-state index is 12.9. The summed E-state index contributed by atoms with van der Waals surface area (Å²) >= 11 is 6.14. The molecule has 1 aliphatic heterocycles. The van der Waals surface area contributed by atoms with E-state index < -0.39 is 15.7 Å². The number of benzene rings is 2. The Morgan fingerprint density at radius 2 is 1.88 bits per heavy atom. The Bertz CT molecular complexity index is 1260. The summed E-state index contributed by atoms with van der Waals surface area (Å²) in [7, 11) is -0.0423. The molecule has 0 unspecified atom stereocenters. The molecule has 0 aliphatic carbocycles. The van der Waals surface area contributed by atoms with E-state index in [2.05, 4.69) is 10.4 Å². The Morgan fingerprint density at radius 3 is 2.47 bits per heavy atom. The van der Waals surface area contributed by atoms with Gasteiger partial charge in [-0.1, -0.05) is 11.6 Å². The van der Waals surface area contributed by atoms with E-state index in [1.165, 1.54) is 7.11 Å². The van der Waals surface area contributed by atoms with Crippen molar-refractivity contribution in [3.05, 3.63) is 59.2 Å². The molecule has 1 saturated heterocycles. The van der Waals surface area contributed by atoms with Crippen molar-refractivity contribution in [3.8, 4) is 22.8 Å². The van der Waals surface area contributed by atoms with Crippen LogP contribution in [0.4, 0.5) is 5.69 Å². The lowest BCUT2D eigenvalue weighted by Gasteiger charge is -2.13. The zero-order chi connectivity index (χ0) is 22.9. The highest BCUT2D eigenvalue weighted by atomic mass is 35.5. The number of hydrogen-bond acceptors (Lipinski definition) is 6. The van der Waals surface area contributed by atoms with Crippen LogP contribution in [0.25, 0.3) is 11.3 Å². The molecule has 4 rings (SSSR count). The van der Waals surface area contributed by atoms with Gasteiger partial charge in [0.1, 0.15) is 11.5 Å². The number of rotatable bonds is 6. The first-order valence-electron chi connectivity index (χ1n) is 9.89. The first kappa shape index (κ1) is 22.2. The number of sulfone groups is 1. The minimum absolute atomic E-state index is 0.00696. The van der Waals surface area contributed by atoms with Crippen LogP contribution in [0.5, 0.6) is 11.5 Å². The summed E-state index contributed by atoms with van der Waals surface area (Å²) in [5, 5.41) is 7.62. The number of carbonyl (C=O) groups is 1. The van der Waals surface area contributed by atoms with Crippen LogP contribution in [-0.2, 0) is 9.84 Å². The molecule has 10 heteroatoms. The highest BCUT2D eigenvalue weighted by Crippen LogP contribution is 2.32. The molecule has 0 saturated carbocycles. The zero-order valence-electron chi connectivity index (χ0n) is 17.5.